The maximum Gasteiger partial charge on any atom is 0.345 e. The van der Waals surface area contributed by atoms with E-state index in [1.165, 1.54) is 6.20 Å². The van der Waals surface area contributed by atoms with Gasteiger partial charge in [-0.1, -0.05) is 32.6 Å². The Morgan fingerprint density at radius 2 is 1.89 bits per heavy atom. The maximum absolute atomic E-state index is 12.7. The Labute approximate surface area is 164 Å². The van der Waals surface area contributed by atoms with E-state index in [4.69, 9.17) is 4.74 Å². The summed E-state index contributed by atoms with van der Waals surface area (Å²) in [6.07, 6.45) is 5.14. The van der Waals surface area contributed by atoms with Gasteiger partial charge in [-0.25, -0.2) is 14.6 Å². The summed E-state index contributed by atoms with van der Waals surface area (Å²) in [5.41, 5.74) is 0.592. The highest BCUT2D eigenvalue weighted by Gasteiger charge is 2.25. The minimum Gasteiger partial charge on any atom is -0.479 e. The number of ether oxygens (including phenoxy) is 1. The number of carbonyl (C=O) groups excluding carboxylic acids is 1. The first-order chi connectivity index (χ1) is 13.4. The number of esters is 1. The average Bonchev–Trinajstić information content (AvgIpc) is 2.66. The van der Waals surface area contributed by atoms with Gasteiger partial charge in [0.1, 0.15) is 11.2 Å². The summed E-state index contributed by atoms with van der Waals surface area (Å²) in [4.78, 5) is 41.2. The molecule has 152 valence electrons. The Morgan fingerprint density at radius 1 is 1.18 bits per heavy atom. The molecule has 7 heteroatoms. The van der Waals surface area contributed by atoms with Crippen LogP contribution in [0.2, 0.25) is 0 Å². The Bertz CT molecular complexity index is 904. The second-order valence-corrected chi connectivity index (χ2v) is 6.92. The molecule has 2 heterocycles. The standard InChI is InChI=1S/C21H28N2O5/c1-4-6-7-8-9-10-17(20(25)26)28-21(27)16-13-23(5-2)19-15(18(16)24)12-11-14(3)22-19/h11-13,17H,4-10H2,1-3H3,(H,25,26). The zero-order chi connectivity index (χ0) is 20.7. The fourth-order valence-electron chi connectivity index (χ4n) is 3.11. The summed E-state index contributed by atoms with van der Waals surface area (Å²) in [5, 5.41) is 9.69. The number of aromatic nitrogens is 2. The Morgan fingerprint density at radius 3 is 2.54 bits per heavy atom. The first kappa shape index (κ1) is 21.6. The van der Waals surface area contributed by atoms with Crippen molar-refractivity contribution in [2.24, 2.45) is 0 Å². The molecule has 0 saturated carbocycles. The van der Waals surface area contributed by atoms with Crippen LogP contribution in [0, 0.1) is 6.92 Å². The van der Waals surface area contributed by atoms with Gasteiger partial charge in [0.2, 0.25) is 5.43 Å². The topological polar surface area (TPSA) is 98.5 Å². The summed E-state index contributed by atoms with van der Waals surface area (Å²) in [7, 11) is 0. The molecule has 0 radical (unpaired) electrons. The van der Waals surface area contributed by atoms with Crippen molar-refractivity contribution in [2.45, 2.75) is 71.9 Å². The Balaban J connectivity index is 2.23. The van der Waals surface area contributed by atoms with Crippen molar-refractivity contribution in [1.82, 2.24) is 9.55 Å². The molecule has 0 aliphatic heterocycles. The van der Waals surface area contributed by atoms with Crippen LogP contribution in [0.25, 0.3) is 11.0 Å². The van der Waals surface area contributed by atoms with Gasteiger partial charge in [-0.05, 0) is 38.8 Å². The molecular formula is C21H28N2O5. The van der Waals surface area contributed by atoms with E-state index in [0.717, 1.165) is 31.4 Å². The number of aliphatic carboxylic acids is 1. The van der Waals surface area contributed by atoms with Gasteiger partial charge in [0.05, 0.1) is 5.39 Å². The predicted octanol–water partition coefficient (Wildman–Crippen LogP) is 3.70. The number of rotatable bonds is 10. The fourth-order valence-corrected chi connectivity index (χ4v) is 3.11. The molecule has 2 aromatic heterocycles. The number of hydrogen-bond donors (Lipinski definition) is 1. The van der Waals surface area contributed by atoms with Gasteiger partial charge in [0, 0.05) is 18.4 Å². The van der Waals surface area contributed by atoms with Gasteiger partial charge < -0.3 is 14.4 Å². The van der Waals surface area contributed by atoms with Crippen molar-refractivity contribution in [1.29, 1.82) is 0 Å². The van der Waals surface area contributed by atoms with Gasteiger partial charge in [-0.2, -0.15) is 0 Å². The van der Waals surface area contributed by atoms with E-state index in [-0.39, 0.29) is 12.0 Å². The second kappa shape index (κ2) is 10.0. The first-order valence-corrected chi connectivity index (χ1v) is 9.83. The van der Waals surface area contributed by atoms with Gasteiger partial charge in [0.25, 0.3) is 0 Å². The van der Waals surface area contributed by atoms with Crippen LogP contribution >= 0.6 is 0 Å². The molecule has 28 heavy (non-hydrogen) atoms. The van der Waals surface area contributed by atoms with E-state index in [1.54, 1.807) is 16.7 Å². The van der Waals surface area contributed by atoms with E-state index in [2.05, 4.69) is 11.9 Å². The highest BCUT2D eigenvalue weighted by Crippen LogP contribution is 2.14. The van der Waals surface area contributed by atoms with Crippen LogP contribution in [-0.2, 0) is 16.1 Å². The van der Waals surface area contributed by atoms with Crippen LogP contribution in [0.4, 0.5) is 0 Å². The zero-order valence-electron chi connectivity index (χ0n) is 16.7. The van der Waals surface area contributed by atoms with Crippen LogP contribution in [0.15, 0.2) is 23.1 Å². The average molecular weight is 388 g/mol. The minimum absolute atomic E-state index is 0.169. The van der Waals surface area contributed by atoms with E-state index >= 15 is 0 Å². The van der Waals surface area contributed by atoms with Crippen LogP contribution in [0.3, 0.4) is 0 Å². The molecule has 7 nitrogen and oxygen atoms in total. The van der Waals surface area contributed by atoms with Crippen LogP contribution in [-0.4, -0.2) is 32.7 Å². The van der Waals surface area contributed by atoms with Gasteiger partial charge in [-0.15, -0.1) is 0 Å². The summed E-state index contributed by atoms with van der Waals surface area (Å²) in [6, 6.07) is 3.33. The lowest BCUT2D eigenvalue weighted by Gasteiger charge is -2.15. The molecule has 0 aromatic carbocycles. The Hall–Kier alpha value is -2.70. The normalized spacial score (nSPS) is 12.1. The highest BCUT2D eigenvalue weighted by atomic mass is 16.6. The van der Waals surface area contributed by atoms with Crippen LogP contribution in [0.1, 0.15) is 68.4 Å². The van der Waals surface area contributed by atoms with Crippen molar-refractivity contribution < 1.29 is 19.4 Å². The van der Waals surface area contributed by atoms with Gasteiger partial charge >= 0.3 is 11.9 Å². The SMILES string of the molecule is CCCCCCCC(OC(=O)c1cn(CC)c2nc(C)ccc2c1=O)C(=O)O. The lowest BCUT2D eigenvalue weighted by Crippen LogP contribution is -2.30. The molecule has 2 aromatic rings. The third-order valence-corrected chi connectivity index (χ3v) is 4.72. The fraction of sp³-hybridized carbons (Fsp3) is 0.524. The number of unbranched alkanes of at least 4 members (excludes halogenated alkanes) is 4. The molecule has 0 saturated heterocycles. The highest BCUT2D eigenvalue weighted by molar-refractivity contribution is 5.94. The predicted molar refractivity (Wildman–Crippen MR) is 107 cm³/mol. The van der Waals surface area contributed by atoms with Crippen molar-refractivity contribution in [3.05, 3.63) is 39.8 Å². The lowest BCUT2D eigenvalue weighted by molar-refractivity contribution is -0.147. The summed E-state index contributed by atoms with van der Waals surface area (Å²) >= 11 is 0. The number of fused-ring (bicyclic) bond motifs is 1. The number of nitrogens with zero attached hydrogens (tertiary/aromatic N) is 2. The van der Waals surface area contributed by atoms with Gasteiger partial charge in [0.15, 0.2) is 6.10 Å². The smallest absolute Gasteiger partial charge is 0.345 e. The van der Waals surface area contributed by atoms with Crippen LogP contribution in [0.5, 0.6) is 0 Å². The van der Waals surface area contributed by atoms with E-state index in [0.29, 0.717) is 24.0 Å². The van der Waals surface area contributed by atoms with E-state index in [9.17, 15) is 19.5 Å². The molecule has 0 aliphatic rings. The molecule has 1 N–H and O–H groups in total. The summed E-state index contributed by atoms with van der Waals surface area (Å²) in [6.45, 7) is 6.31. The molecule has 1 unspecified atom stereocenters. The number of carbonyl (C=O) groups is 2. The molecule has 0 bridgehead atoms. The van der Waals surface area contributed by atoms with E-state index < -0.39 is 23.5 Å². The van der Waals surface area contributed by atoms with Crippen molar-refractivity contribution >= 4 is 23.0 Å². The maximum atomic E-state index is 12.7. The number of carboxylic acids is 1. The Kier molecular flexibility index (Phi) is 7.72. The molecule has 0 aliphatic carbocycles. The first-order valence-electron chi connectivity index (χ1n) is 9.83. The van der Waals surface area contributed by atoms with Crippen molar-refractivity contribution in [3.63, 3.8) is 0 Å². The summed E-state index contributed by atoms with van der Waals surface area (Å²) in [5.74, 6) is -2.10. The van der Waals surface area contributed by atoms with E-state index in [1.807, 2.05) is 13.8 Å². The molecular weight excluding hydrogens is 360 g/mol. The monoisotopic (exact) mass is 388 g/mol. The largest absolute Gasteiger partial charge is 0.479 e. The molecule has 1 atom stereocenters. The number of hydrogen-bond acceptors (Lipinski definition) is 5. The number of pyridine rings is 2. The molecule has 0 fully saturated rings. The number of aryl methyl sites for hydroxylation is 2. The lowest BCUT2D eigenvalue weighted by atomic mass is 10.1. The van der Waals surface area contributed by atoms with Crippen LogP contribution < -0.4 is 5.43 Å². The second-order valence-electron chi connectivity index (χ2n) is 6.92. The molecule has 2 rings (SSSR count). The van der Waals surface area contributed by atoms with Crippen molar-refractivity contribution in [2.75, 3.05) is 0 Å². The zero-order valence-corrected chi connectivity index (χ0v) is 16.7. The third kappa shape index (κ3) is 5.18. The number of carboxylic acid groups (broad SMARTS) is 1. The quantitative estimate of drug-likeness (QED) is 0.492. The van der Waals surface area contributed by atoms with Gasteiger partial charge in [-0.3, -0.25) is 4.79 Å². The summed E-state index contributed by atoms with van der Waals surface area (Å²) < 4.78 is 6.88. The minimum atomic E-state index is -1.25. The molecule has 0 amide bonds. The molecule has 0 spiro atoms. The third-order valence-electron chi connectivity index (χ3n) is 4.72. The van der Waals surface area contributed by atoms with Crippen molar-refractivity contribution in [3.8, 4) is 0 Å².